The maximum atomic E-state index is 12.1. The van der Waals surface area contributed by atoms with Gasteiger partial charge in [-0.25, -0.2) is 22.9 Å². The molecule has 236 valence electrons. The quantitative estimate of drug-likeness (QED) is 0.445. The number of hydrogen-bond donors (Lipinski definition) is 3. The van der Waals surface area contributed by atoms with Gasteiger partial charge in [0, 0.05) is 36.0 Å². The number of nitrogens with zero attached hydrogens (tertiary/aromatic N) is 2. The van der Waals surface area contributed by atoms with Crippen LogP contribution in [0.15, 0.2) is 53.4 Å². The number of rotatable bonds is 4. The number of amides is 2. The maximum absolute atomic E-state index is 12.1. The Bertz CT molecular complexity index is 1570. The number of nitrogens with one attached hydrogen (secondary N) is 2. The summed E-state index contributed by atoms with van der Waals surface area (Å²) in [6, 6.07) is 10.4. The highest BCUT2D eigenvalue weighted by molar-refractivity contribution is 7.90. The van der Waals surface area contributed by atoms with Crippen LogP contribution in [0.5, 0.6) is 11.5 Å². The number of aliphatic hydroxyl groups is 1. The highest BCUT2D eigenvalue weighted by Crippen LogP contribution is 2.62. The maximum Gasteiger partial charge on any atom is 0.343 e. The van der Waals surface area contributed by atoms with Crippen molar-refractivity contribution >= 4 is 16.1 Å². The van der Waals surface area contributed by atoms with Gasteiger partial charge in [0.05, 0.1) is 12.0 Å². The van der Waals surface area contributed by atoms with E-state index in [-0.39, 0.29) is 16.4 Å². The van der Waals surface area contributed by atoms with E-state index in [9.17, 15) is 18.3 Å². The molecule has 2 saturated heterocycles. The van der Waals surface area contributed by atoms with Crippen molar-refractivity contribution < 1.29 is 27.8 Å². The summed E-state index contributed by atoms with van der Waals surface area (Å²) >= 11 is 0. The lowest BCUT2D eigenvalue weighted by atomic mass is 9.53. The number of likely N-dealkylation sites (N-methyl/N-ethyl adjacent to an activating group) is 1. The molecule has 3 aliphatic carbocycles. The summed E-state index contributed by atoms with van der Waals surface area (Å²) in [5, 5.41) is 12.4. The van der Waals surface area contributed by atoms with Crippen LogP contribution >= 0.6 is 0 Å². The average Bonchev–Trinajstić information content (AvgIpc) is 3.68. The first-order valence-electron chi connectivity index (χ1n) is 15.7. The third-order valence-electron chi connectivity index (χ3n) is 10.9. The smallest absolute Gasteiger partial charge is 0.343 e. The van der Waals surface area contributed by atoms with E-state index < -0.39 is 22.2 Å². The lowest BCUT2D eigenvalue weighted by molar-refractivity contribution is -0.0453. The zero-order valence-corrected chi connectivity index (χ0v) is 26.3. The number of methoxy groups -OCH3 is 1. The second-order valence-electron chi connectivity index (χ2n) is 13.3. The molecule has 2 aromatic rings. The van der Waals surface area contributed by atoms with Gasteiger partial charge in [-0.15, -0.1) is 0 Å². The molecule has 11 heteroatoms. The van der Waals surface area contributed by atoms with Gasteiger partial charge in [0.2, 0.25) is 0 Å². The number of piperidine rings is 1. The summed E-state index contributed by atoms with van der Waals surface area (Å²) < 4.78 is 38.2. The van der Waals surface area contributed by atoms with Crippen molar-refractivity contribution in [2.45, 2.75) is 67.6 Å². The Kier molecular flexibility index (Phi) is 7.43. The highest BCUT2D eigenvalue weighted by atomic mass is 32.2. The number of hydrogen-bond acceptors (Lipinski definition) is 8. The minimum atomic E-state index is -3.83. The van der Waals surface area contributed by atoms with Gasteiger partial charge in [0.1, 0.15) is 12.2 Å². The van der Waals surface area contributed by atoms with Crippen LogP contribution in [0, 0.1) is 24.7 Å². The first-order chi connectivity index (χ1) is 21.1. The van der Waals surface area contributed by atoms with Crippen molar-refractivity contribution in [2.75, 3.05) is 33.8 Å². The van der Waals surface area contributed by atoms with Gasteiger partial charge in [-0.3, -0.25) is 5.43 Å². The summed E-state index contributed by atoms with van der Waals surface area (Å²) in [4.78, 5) is 14.5. The van der Waals surface area contributed by atoms with Crippen molar-refractivity contribution in [3.8, 4) is 11.5 Å². The molecule has 2 amide bonds. The van der Waals surface area contributed by atoms with Crippen LogP contribution in [0.25, 0.3) is 0 Å². The molecule has 0 radical (unpaired) electrons. The third kappa shape index (κ3) is 4.79. The number of aryl methyl sites for hydroxylation is 1. The number of carbonyl (C=O) groups is 1. The monoisotopic (exact) mass is 622 g/mol. The third-order valence-corrected chi connectivity index (χ3v) is 12.2. The molecule has 8 rings (SSSR count). The van der Waals surface area contributed by atoms with E-state index in [1.807, 2.05) is 24.1 Å². The number of fused-ring (bicyclic) bond motifs is 1. The molecule has 6 aliphatic rings. The number of hydrazine groups is 1. The van der Waals surface area contributed by atoms with Crippen LogP contribution in [-0.4, -0.2) is 81.5 Å². The number of aliphatic hydroxyl groups excluding tert-OH is 1. The average molecular weight is 623 g/mol. The van der Waals surface area contributed by atoms with Gasteiger partial charge < -0.3 is 19.5 Å². The fourth-order valence-corrected chi connectivity index (χ4v) is 9.68. The molecule has 3 heterocycles. The predicted molar refractivity (Wildman–Crippen MR) is 165 cm³/mol. The molecule has 2 bridgehead atoms. The molecule has 3 fully saturated rings. The summed E-state index contributed by atoms with van der Waals surface area (Å²) in [6.45, 7) is 4.55. The standard InChI is InChI=1S/C18H21NO3.C15H21N3O3S/c1-19-8-7-18-11-4-5-13(20)17(18)22-16-14(21-2)6-3-10(15(16)18)9-12(11)19;1-11-5-7-14(8-6-11)22(20,21)17-15(19)16-18-9-12-3-2-4-13(12)10-18/h3-6,11-13,17,20H,7-9H2,1-2H3;5-8,12-13H,2-4,9-10H2,1H3,(H2,16,17,19)/t11-,12+,13-,17-,18-;/m0./s1. The van der Waals surface area contributed by atoms with Crippen molar-refractivity contribution in [2.24, 2.45) is 17.8 Å². The summed E-state index contributed by atoms with van der Waals surface area (Å²) in [6.07, 6.45) is 9.20. The van der Waals surface area contributed by atoms with E-state index in [1.54, 1.807) is 19.2 Å². The minimum Gasteiger partial charge on any atom is -0.493 e. The summed E-state index contributed by atoms with van der Waals surface area (Å²) in [5.41, 5.74) is 6.22. The number of ether oxygens (including phenoxy) is 2. The van der Waals surface area contributed by atoms with Crippen LogP contribution in [0.2, 0.25) is 0 Å². The molecule has 7 atom stereocenters. The van der Waals surface area contributed by atoms with Gasteiger partial charge in [-0.05, 0) is 81.8 Å². The number of likely N-dealkylation sites (tertiary alicyclic amines) is 1. The molecule has 1 spiro atoms. The normalized spacial score (nSPS) is 33.0. The number of carbonyl (C=O) groups excluding carboxylic acids is 1. The van der Waals surface area contributed by atoms with Crippen molar-refractivity contribution in [1.82, 2.24) is 20.1 Å². The van der Waals surface area contributed by atoms with Crippen LogP contribution in [0.3, 0.4) is 0 Å². The molecular weight excluding hydrogens is 580 g/mol. The van der Waals surface area contributed by atoms with E-state index >= 15 is 0 Å². The Hall–Kier alpha value is -3.12. The molecule has 2 aromatic carbocycles. The Morgan fingerprint density at radius 2 is 1.82 bits per heavy atom. The second kappa shape index (κ2) is 11.0. The predicted octanol–water partition coefficient (Wildman–Crippen LogP) is 3.13. The van der Waals surface area contributed by atoms with Gasteiger partial charge in [-0.1, -0.05) is 42.3 Å². The SMILES string of the molecule is COc1ccc2c3c1O[C@H]1[C@@H](O)C=C[C@H]4[C@@H](C2)N(C)CC[C@@]341.Cc1ccc(S(=O)(=O)NC(=O)NN2CC3CCCC3C2)cc1. The molecule has 3 aliphatic heterocycles. The second-order valence-corrected chi connectivity index (χ2v) is 15.0. The lowest BCUT2D eigenvalue weighted by Gasteiger charge is -2.56. The number of benzene rings is 2. The Morgan fingerprint density at radius 1 is 1.09 bits per heavy atom. The molecule has 44 heavy (non-hydrogen) atoms. The lowest BCUT2D eigenvalue weighted by Crippen LogP contribution is -2.64. The van der Waals surface area contributed by atoms with Crippen molar-refractivity contribution in [3.63, 3.8) is 0 Å². The Morgan fingerprint density at radius 3 is 2.52 bits per heavy atom. The fraction of sp³-hybridized carbons (Fsp3) is 0.545. The van der Waals surface area contributed by atoms with Crippen molar-refractivity contribution in [3.05, 3.63) is 65.2 Å². The van der Waals surface area contributed by atoms with E-state index in [0.717, 1.165) is 49.5 Å². The van der Waals surface area contributed by atoms with Gasteiger partial charge in [0.15, 0.2) is 11.5 Å². The molecule has 2 unspecified atom stereocenters. The number of sulfonamides is 1. The van der Waals surface area contributed by atoms with Crippen LogP contribution < -0.4 is 19.6 Å². The number of urea groups is 1. The first-order valence-corrected chi connectivity index (χ1v) is 17.2. The fourth-order valence-electron chi connectivity index (χ4n) is 8.78. The largest absolute Gasteiger partial charge is 0.493 e. The van der Waals surface area contributed by atoms with Gasteiger partial charge in [0.25, 0.3) is 10.0 Å². The van der Waals surface area contributed by atoms with E-state index in [2.05, 4.69) is 34.2 Å². The Labute approximate surface area is 259 Å². The molecule has 0 aromatic heterocycles. The summed E-state index contributed by atoms with van der Waals surface area (Å²) in [5.74, 6) is 3.36. The summed E-state index contributed by atoms with van der Waals surface area (Å²) in [7, 11) is 0.0818. The van der Waals surface area contributed by atoms with Crippen molar-refractivity contribution in [1.29, 1.82) is 0 Å². The molecule has 3 N–H and O–H groups in total. The zero-order chi connectivity index (χ0) is 30.8. The van der Waals surface area contributed by atoms with E-state index in [0.29, 0.717) is 23.8 Å². The van der Waals surface area contributed by atoms with Gasteiger partial charge in [-0.2, -0.15) is 0 Å². The highest BCUT2D eigenvalue weighted by Gasteiger charge is 2.64. The van der Waals surface area contributed by atoms with Gasteiger partial charge >= 0.3 is 6.03 Å². The van der Waals surface area contributed by atoms with E-state index in [4.69, 9.17) is 9.47 Å². The van der Waals surface area contributed by atoms with Crippen LogP contribution in [0.1, 0.15) is 42.4 Å². The first kappa shape index (κ1) is 29.6. The zero-order valence-electron chi connectivity index (χ0n) is 25.5. The van der Waals surface area contributed by atoms with E-state index in [1.165, 1.54) is 42.5 Å². The topological polar surface area (TPSA) is 120 Å². The minimum absolute atomic E-state index is 0.0806. The Balaban J connectivity index is 0.000000142. The molecular formula is C33H42N4O6S. The van der Waals surface area contributed by atoms with Crippen LogP contribution in [0.4, 0.5) is 4.79 Å². The molecule has 1 saturated carbocycles. The molecule has 10 nitrogen and oxygen atoms in total. The van der Waals surface area contributed by atoms with Crippen LogP contribution in [-0.2, 0) is 21.9 Å².